The van der Waals surface area contributed by atoms with E-state index in [1.54, 1.807) is 0 Å². The maximum Gasteiger partial charge on any atom is 0.0541 e. The molecule has 0 atom stereocenters. The molecular formula is C46H30N2S. The Balaban J connectivity index is 1.10. The van der Waals surface area contributed by atoms with E-state index in [-0.39, 0.29) is 0 Å². The van der Waals surface area contributed by atoms with Gasteiger partial charge in [0.2, 0.25) is 0 Å². The lowest BCUT2D eigenvalue weighted by atomic mass is 10.0. The van der Waals surface area contributed by atoms with Gasteiger partial charge in [0.15, 0.2) is 0 Å². The summed E-state index contributed by atoms with van der Waals surface area (Å²) < 4.78 is 5.00. The topological polar surface area (TPSA) is 8.17 Å². The van der Waals surface area contributed by atoms with E-state index in [0.29, 0.717) is 0 Å². The summed E-state index contributed by atoms with van der Waals surface area (Å²) in [6.07, 6.45) is 0. The van der Waals surface area contributed by atoms with Gasteiger partial charge in [-0.3, -0.25) is 0 Å². The molecule has 0 radical (unpaired) electrons. The zero-order valence-electron chi connectivity index (χ0n) is 26.6. The van der Waals surface area contributed by atoms with Crippen molar-refractivity contribution >= 4 is 81.1 Å². The fourth-order valence-electron chi connectivity index (χ4n) is 7.43. The third kappa shape index (κ3) is 4.62. The van der Waals surface area contributed by atoms with Crippen LogP contribution in [0.3, 0.4) is 0 Å². The van der Waals surface area contributed by atoms with Gasteiger partial charge in [0.1, 0.15) is 0 Å². The van der Waals surface area contributed by atoms with E-state index in [4.69, 9.17) is 0 Å². The Morgan fingerprint density at radius 3 is 1.88 bits per heavy atom. The van der Waals surface area contributed by atoms with Crippen molar-refractivity contribution in [3.05, 3.63) is 182 Å². The maximum atomic E-state index is 2.39. The van der Waals surface area contributed by atoms with Crippen LogP contribution in [0, 0.1) is 0 Å². The van der Waals surface area contributed by atoms with Crippen molar-refractivity contribution < 1.29 is 0 Å². The van der Waals surface area contributed by atoms with Crippen LogP contribution in [0.2, 0.25) is 0 Å². The van der Waals surface area contributed by atoms with Crippen LogP contribution in [0.25, 0.3) is 69.6 Å². The molecule has 49 heavy (non-hydrogen) atoms. The first kappa shape index (κ1) is 27.9. The number of hydrogen-bond acceptors (Lipinski definition) is 2. The molecule has 0 unspecified atom stereocenters. The number of thiophene rings is 1. The molecule has 2 nitrogen and oxygen atoms in total. The third-order valence-electron chi connectivity index (χ3n) is 9.76. The molecule has 0 aliphatic rings. The molecule has 0 aliphatic heterocycles. The molecule has 3 heteroatoms. The average Bonchev–Trinajstić information content (AvgIpc) is 3.71. The molecule has 0 spiro atoms. The van der Waals surface area contributed by atoms with Crippen LogP contribution in [0.15, 0.2) is 182 Å². The summed E-state index contributed by atoms with van der Waals surface area (Å²) in [4.78, 5) is 2.39. The highest BCUT2D eigenvalue weighted by molar-refractivity contribution is 7.25. The maximum absolute atomic E-state index is 2.39. The monoisotopic (exact) mass is 642 g/mol. The molecule has 0 bridgehead atoms. The average molecular weight is 643 g/mol. The van der Waals surface area contributed by atoms with Crippen LogP contribution in [-0.2, 0) is 0 Å². The molecule has 0 saturated carbocycles. The van der Waals surface area contributed by atoms with Gasteiger partial charge in [0, 0.05) is 53.7 Å². The second-order valence-electron chi connectivity index (χ2n) is 12.6. The van der Waals surface area contributed by atoms with Crippen LogP contribution in [0.1, 0.15) is 0 Å². The first-order valence-corrected chi connectivity index (χ1v) is 17.5. The van der Waals surface area contributed by atoms with E-state index in [1.165, 1.54) is 69.6 Å². The number of aromatic nitrogens is 1. The minimum Gasteiger partial charge on any atom is -0.310 e. The molecule has 0 N–H and O–H groups in total. The first-order valence-electron chi connectivity index (χ1n) is 16.7. The number of fused-ring (bicyclic) bond motifs is 7. The highest BCUT2D eigenvalue weighted by Gasteiger charge is 2.17. The summed E-state index contributed by atoms with van der Waals surface area (Å²) in [5.74, 6) is 0. The molecule has 10 aromatic rings. The molecule has 0 fully saturated rings. The lowest BCUT2D eigenvalue weighted by molar-refractivity contribution is 1.18. The van der Waals surface area contributed by atoms with Gasteiger partial charge in [-0.05, 0) is 101 Å². The van der Waals surface area contributed by atoms with Crippen molar-refractivity contribution in [2.24, 2.45) is 0 Å². The molecule has 2 aromatic heterocycles. The Kier molecular flexibility index (Phi) is 6.39. The molecule has 0 aliphatic carbocycles. The fourth-order valence-corrected chi connectivity index (χ4v) is 8.51. The van der Waals surface area contributed by atoms with Crippen LogP contribution in [0.5, 0.6) is 0 Å². The van der Waals surface area contributed by atoms with Crippen molar-refractivity contribution in [3.8, 4) is 16.8 Å². The van der Waals surface area contributed by atoms with Crippen LogP contribution in [-0.4, -0.2) is 4.57 Å². The van der Waals surface area contributed by atoms with E-state index in [1.807, 2.05) is 11.3 Å². The zero-order chi connectivity index (χ0) is 32.3. The Hall–Kier alpha value is -6.16. The predicted molar refractivity (Wildman–Crippen MR) is 211 cm³/mol. The van der Waals surface area contributed by atoms with Gasteiger partial charge >= 0.3 is 0 Å². The summed E-state index contributed by atoms with van der Waals surface area (Å²) in [5.41, 5.74) is 9.42. The Bertz CT molecular complexity index is 2830. The Morgan fingerprint density at radius 1 is 0.367 bits per heavy atom. The number of hydrogen-bond donors (Lipinski definition) is 0. The molecular weight excluding hydrogens is 613 g/mol. The van der Waals surface area contributed by atoms with E-state index < -0.39 is 0 Å². The highest BCUT2D eigenvalue weighted by atomic mass is 32.1. The standard InChI is InChI=1S/C46H30N2S/c1-2-12-35(13-3-1)48-43-16-8-6-14-39(43)41-29-34(21-26-44(41)48)32-18-22-36(23-19-32)47(37-24-20-31-10-4-5-11-33(31)28-37)38-25-27-46-42(30-38)40-15-7-9-17-45(40)49-46/h1-30H. The lowest BCUT2D eigenvalue weighted by Gasteiger charge is -2.26. The Labute approximate surface area is 288 Å². The summed E-state index contributed by atoms with van der Waals surface area (Å²) in [7, 11) is 0. The fraction of sp³-hybridized carbons (Fsp3) is 0. The SMILES string of the molecule is c1ccc(-n2c3ccccc3c3cc(-c4ccc(N(c5ccc6ccccc6c5)c5ccc6sc7ccccc7c6c5)cc4)ccc32)cc1. The van der Waals surface area contributed by atoms with E-state index in [2.05, 4.69) is 191 Å². The number of rotatable bonds is 5. The molecule has 0 saturated heterocycles. The Morgan fingerprint density at radius 2 is 1.00 bits per heavy atom. The van der Waals surface area contributed by atoms with Gasteiger partial charge in [-0.15, -0.1) is 11.3 Å². The molecule has 0 amide bonds. The van der Waals surface area contributed by atoms with E-state index >= 15 is 0 Å². The molecule has 8 aromatic carbocycles. The summed E-state index contributed by atoms with van der Waals surface area (Å²) in [6.45, 7) is 0. The second kappa shape index (κ2) is 11.2. The van der Waals surface area contributed by atoms with Gasteiger partial charge in [0.05, 0.1) is 11.0 Å². The quantitative estimate of drug-likeness (QED) is 0.181. The summed E-state index contributed by atoms with van der Waals surface area (Å²) in [6, 6.07) is 66.2. The van der Waals surface area contributed by atoms with Crippen LogP contribution >= 0.6 is 11.3 Å². The van der Waals surface area contributed by atoms with Gasteiger partial charge in [0.25, 0.3) is 0 Å². The largest absolute Gasteiger partial charge is 0.310 e. The third-order valence-corrected chi connectivity index (χ3v) is 10.9. The van der Waals surface area contributed by atoms with Crippen molar-refractivity contribution in [1.82, 2.24) is 4.57 Å². The minimum atomic E-state index is 1.12. The van der Waals surface area contributed by atoms with Crippen molar-refractivity contribution in [3.63, 3.8) is 0 Å². The van der Waals surface area contributed by atoms with E-state index in [0.717, 1.165) is 17.1 Å². The van der Waals surface area contributed by atoms with Gasteiger partial charge in [-0.2, -0.15) is 0 Å². The number of benzene rings is 8. The van der Waals surface area contributed by atoms with E-state index in [9.17, 15) is 0 Å². The molecule has 10 rings (SSSR count). The van der Waals surface area contributed by atoms with Gasteiger partial charge in [-0.25, -0.2) is 0 Å². The predicted octanol–water partition coefficient (Wildman–Crippen LogP) is 13.4. The molecule has 2 heterocycles. The number of nitrogens with zero attached hydrogens (tertiary/aromatic N) is 2. The van der Waals surface area contributed by atoms with Crippen molar-refractivity contribution in [2.45, 2.75) is 0 Å². The number of anilines is 3. The second-order valence-corrected chi connectivity index (χ2v) is 13.7. The van der Waals surface area contributed by atoms with Crippen LogP contribution in [0.4, 0.5) is 17.1 Å². The lowest BCUT2D eigenvalue weighted by Crippen LogP contribution is -2.09. The molecule has 230 valence electrons. The number of para-hydroxylation sites is 2. The van der Waals surface area contributed by atoms with Gasteiger partial charge < -0.3 is 9.47 Å². The first-order chi connectivity index (χ1) is 24.3. The van der Waals surface area contributed by atoms with Crippen LogP contribution < -0.4 is 4.90 Å². The van der Waals surface area contributed by atoms with Crippen molar-refractivity contribution in [2.75, 3.05) is 4.90 Å². The van der Waals surface area contributed by atoms with Gasteiger partial charge in [-0.1, -0.05) is 103 Å². The normalized spacial score (nSPS) is 11.7. The highest BCUT2D eigenvalue weighted by Crippen LogP contribution is 2.42. The zero-order valence-corrected chi connectivity index (χ0v) is 27.4. The summed E-state index contributed by atoms with van der Waals surface area (Å²) in [5, 5.41) is 7.59. The van der Waals surface area contributed by atoms with Crippen molar-refractivity contribution in [1.29, 1.82) is 0 Å². The smallest absolute Gasteiger partial charge is 0.0541 e. The summed E-state index contributed by atoms with van der Waals surface area (Å²) >= 11 is 1.86. The minimum absolute atomic E-state index is 1.12.